The van der Waals surface area contributed by atoms with E-state index >= 15 is 0 Å². The van der Waals surface area contributed by atoms with Crippen molar-refractivity contribution in [3.05, 3.63) is 60.2 Å². The summed E-state index contributed by atoms with van der Waals surface area (Å²) >= 11 is 0. The van der Waals surface area contributed by atoms with Crippen LogP contribution in [0.25, 0.3) is 0 Å². The predicted octanol–water partition coefficient (Wildman–Crippen LogP) is 2.55. The molecule has 0 radical (unpaired) electrons. The van der Waals surface area contributed by atoms with E-state index in [4.69, 9.17) is 5.73 Å². The molecular formula is C15H17N3. The molecule has 0 heterocycles. The lowest BCUT2D eigenvalue weighted by molar-refractivity contribution is 0.856. The molecule has 2 rings (SSSR count). The zero-order chi connectivity index (χ0) is 12.8. The summed E-state index contributed by atoms with van der Waals surface area (Å²) in [5, 5.41) is 0. The van der Waals surface area contributed by atoms with Gasteiger partial charge in [-0.3, -0.25) is 4.99 Å². The Kier molecular flexibility index (Phi) is 4.07. The fourth-order valence-corrected chi connectivity index (χ4v) is 1.87. The Morgan fingerprint density at radius 2 is 2.00 bits per heavy atom. The summed E-state index contributed by atoms with van der Waals surface area (Å²) in [5.41, 5.74) is 6.93. The van der Waals surface area contributed by atoms with Crippen molar-refractivity contribution < 1.29 is 0 Å². The number of nitrogens with zero attached hydrogens (tertiary/aromatic N) is 2. The Hall–Kier alpha value is -2.16. The molecule has 1 aliphatic carbocycles. The Bertz CT molecular complexity index is 510. The largest absolute Gasteiger partial charge is 0.383 e. The summed E-state index contributed by atoms with van der Waals surface area (Å²) in [5.74, 6) is 1.51. The molecular weight excluding hydrogens is 222 g/mol. The SMILES string of the molecule is CN=C(N=C(N)c1ccccc1)C1C=CC=CC1. The summed E-state index contributed by atoms with van der Waals surface area (Å²) in [6.07, 6.45) is 9.20. The Morgan fingerprint density at radius 1 is 1.22 bits per heavy atom. The van der Waals surface area contributed by atoms with Gasteiger partial charge in [-0.05, 0) is 6.42 Å². The molecule has 92 valence electrons. The first-order valence-electron chi connectivity index (χ1n) is 6.01. The van der Waals surface area contributed by atoms with Gasteiger partial charge in [0.05, 0.1) is 0 Å². The highest BCUT2D eigenvalue weighted by molar-refractivity contribution is 6.06. The highest BCUT2D eigenvalue weighted by atomic mass is 15.0. The number of nitrogens with two attached hydrogens (primary N) is 1. The number of allylic oxidation sites excluding steroid dienone is 3. The van der Waals surface area contributed by atoms with Gasteiger partial charge >= 0.3 is 0 Å². The van der Waals surface area contributed by atoms with E-state index in [-0.39, 0.29) is 5.92 Å². The maximum Gasteiger partial charge on any atom is 0.132 e. The average Bonchev–Trinajstić information content (AvgIpc) is 2.46. The van der Waals surface area contributed by atoms with Crippen LogP contribution >= 0.6 is 0 Å². The predicted molar refractivity (Wildman–Crippen MR) is 76.9 cm³/mol. The van der Waals surface area contributed by atoms with Crippen LogP contribution in [0, 0.1) is 5.92 Å². The van der Waals surface area contributed by atoms with Gasteiger partial charge in [0, 0.05) is 18.5 Å². The van der Waals surface area contributed by atoms with Crippen LogP contribution < -0.4 is 5.73 Å². The van der Waals surface area contributed by atoms with Crippen molar-refractivity contribution in [3.8, 4) is 0 Å². The quantitative estimate of drug-likeness (QED) is 0.626. The average molecular weight is 239 g/mol. The third-order valence-electron chi connectivity index (χ3n) is 2.85. The van der Waals surface area contributed by atoms with Crippen molar-refractivity contribution in [2.75, 3.05) is 7.05 Å². The second-order valence-corrected chi connectivity index (χ2v) is 4.10. The minimum atomic E-state index is 0.224. The zero-order valence-electron chi connectivity index (χ0n) is 10.5. The highest BCUT2D eigenvalue weighted by Gasteiger charge is 2.12. The van der Waals surface area contributed by atoms with Gasteiger partial charge in [0.1, 0.15) is 11.7 Å². The molecule has 1 atom stereocenters. The minimum Gasteiger partial charge on any atom is -0.383 e. The maximum atomic E-state index is 6.01. The van der Waals surface area contributed by atoms with Crippen molar-refractivity contribution in [2.45, 2.75) is 6.42 Å². The molecule has 1 aliphatic rings. The number of benzene rings is 1. The van der Waals surface area contributed by atoms with Crippen molar-refractivity contribution in [2.24, 2.45) is 21.6 Å². The van der Waals surface area contributed by atoms with Crippen LogP contribution in [0.5, 0.6) is 0 Å². The van der Waals surface area contributed by atoms with E-state index in [1.165, 1.54) is 0 Å². The number of hydrogen-bond donors (Lipinski definition) is 1. The van der Waals surface area contributed by atoms with Gasteiger partial charge in [0.25, 0.3) is 0 Å². The van der Waals surface area contributed by atoms with Crippen LogP contribution in [0.3, 0.4) is 0 Å². The molecule has 0 fully saturated rings. The summed E-state index contributed by atoms with van der Waals surface area (Å²) < 4.78 is 0. The second kappa shape index (κ2) is 5.96. The molecule has 18 heavy (non-hydrogen) atoms. The Balaban J connectivity index is 2.20. The van der Waals surface area contributed by atoms with Crippen LogP contribution in [0.15, 0.2) is 64.6 Å². The molecule has 0 amide bonds. The molecule has 1 aromatic carbocycles. The number of rotatable bonds is 2. The monoisotopic (exact) mass is 239 g/mol. The molecule has 0 saturated heterocycles. The highest BCUT2D eigenvalue weighted by Crippen LogP contribution is 2.14. The Morgan fingerprint density at radius 3 is 2.61 bits per heavy atom. The van der Waals surface area contributed by atoms with Gasteiger partial charge in [-0.1, -0.05) is 54.6 Å². The number of aliphatic imine (C=N–C) groups is 2. The number of hydrogen-bond acceptors (Lipinski definition) is 1. The van der Waals surface area contributed by atoms with Crippen LogP contribution in [0.2, 0.25) is 0 Å². The first kappa shape index (κ1) is 12.3. The summed E-state index contributed by atoms with van der Waals surface area (Å²) in [7, 11) is 1.75. The summed E-state index contributed by atoms with van der Waals surface area (Å²) in [6.45, 7) is 0. The third kappa shape index (κ3) is 2.94. The maximum absolute atomic E-state index is 6.01. The first-order chi connectivity index (χ1) is 8.81. The number of amidine groups is 2. The van der Waals surface area contributed by atoms with Crippen molar-refractivity contribution >= 4 is 11.7 Å². The standard InChI is InChI=1S/C15H17N3/c1-17-15(13-10-6-3-7-11-13)18-14(16)12-8-4-2-5-9-12/h2-10,13H,11H2,1H3,(H2,16,17,18). The van der Waals surface area contributed by atoms with Crippen molar-refractivity contribution in [1.29, 1.82) is 0 Å². The van der Waals surface area contributed by atoms with E-state index in [0.717, 1.165) is 17.8 Å². The lowest BCUT2D eigenvalue weighted by Gasteiger charge is -2.12. The van der Waals surface area contributed by atoms with Gasteiger partial charge in [-0.25, -0.2) is 4.99 Å². The summed E-state index contributed by atoms with van der Waals surface area (Å²) in [4.78, 5) is 8.69. The van der Waals surface area contributed by atoms with Gasteiger partial charge in [0.2, 0.25) is 0 Å². The van der Waals surface area contributed by atoms with Crippen molar-refractivity contribution in [1.82, 2.24) is 0 Å². The van der Waals surface area contributed by atoms with E-state index in [0.29, 0.717) is 5.84 Å². The topological polar surface area (TPSA) is 50.7 Å². The van der Waals surface area contributed by atoms with E-state index in [1.807, 2.05) is 42.5 Å². The minimum absolute atomic E-state index is 0.224. The first-order valence-corrected chi connectivity index (χ1v) is 6.01. The smallest absolute Gasteiger partial charge is 0.132 e. The summed E-state index contributed by atoms with van der Waals surface area (Å²) in [6, 6.07) is 9.75. The van der Waals surface area contributed by atoms with Gasteiger partial charge in [-0.2, -0.15) is 0 Å². The van der Waals surface area contributed by atoms with Crippen molar-refractivity contribution in [3.63, 3.8) is 0 Å². The molecule has 0 bridgehead atoms. The van der Waals surface area contributed by atoms with E-state index < -0.39 is 0 Å². The Labute approximate surface area is 107 Å². The van der Waals surface area contributed by atoms with E-state index in [1.54, 1.807) is 7.05 Å². The van der Waals surface area contributed by atoms with Crippen LogP contribution in [0.4, 0.5) is 0 Å². The third-order valence-corrected chi connectivity index (χ3v) is 2.85. The van der Waals surface area contributed by atoms with Crippen LogP contribution in [0.1, 0.15) is 12.0 Å². The van der Waals surface area contributed by atoms with Gasteiger partial charge < -0.3 is 5.73 Å². The molecule has 3 nitrogen and oxygen atoms in total. The van der Waals surface area contributed by atoms with E-state index in [2.05, 4.69) is 22.1 Å². The molecule has 0 spiro atoms. The molecule has 0 aromatic heterocycles. The molecule has 3 heteroatoms. The lowest BCUT2D eigenvalue weighted by Crippen LogP contribution is -2.19. The fraction of sp³-hybridized carbons (Fsp3) is 0.200. The lowest BCUT2D eigenvalue weighted by atomic mass is 10.00. The fourth-order valence-electron chi connectivity index (χ4n) is 1.87. The zero-order valence-corrected chi connectivity index (χ0v) is 10.5. The second-order valence-electron chi connectivity index (χ2n) is 4.10. The van der Waals surface area contributed by atoms with Crippen LogP contribution in [-0.4, -0.2) is 18.7 Å². The van der Waals surface area contributed by atoms with E-state index in [9.17, 15) is 0 Å². The molecule has 1 aromatic rings. The molecule has 0 aliphatic heterocycles. The van der Waals surface area contributed by atoms with Crippen LogP contribution in [-0.2, 0) is 0 Å². The normalized spacial score (nSPS) is 20.2. The molecule has 2 N–H and O–H groups in total. The van der Waals surface area contributed by atoms with Gasteiger partial charge in [0.15, 0.2) is 0 Å². The molecule has 0 saturated carbocycles. The van der Waals surface area contributed by atoms with Gasteiger partial charge in [-0.15, -0.1) is 0 Å². The molecule has 1 unspecified atom stereocenters.